The van der Waals surface area contributed by atoms with Crippen LogP contribution in [-0.4, -0.2) is 19.0 Å². The summed E-state index contributed by atoms with van der Waals surface area (Å²) >= 11 is 0. The highest BCUT2D eigenvalue weighted by molar-refractivity contribution is 5.95. The molecule has 1 amide bonds. The zero-order chi connectivity index (χ0) is 13.7. The first-order valence-electron chi connectivity index (χ1n) is 5.69. The molecule has 98 valence electrons. The van der Waals surface area contributed by atoms with Crippen LogP contribution < -0.4 is 5.32 Å². The maximum Gasteiger partial charge on any atom is 0.337 e. The molecular formula is C14H13NO4. The van der Waals surface area contributed by atoms with Gasteiger partial charge in [-0.1, -0.05) is 6.07 Å². The number of carbonyl (C=O) groups excluding carboxylic acids is 2. The van der Waals surface area contributed by atoms with Crippen LogP contribution in [0, 0.1) is 0 Å². The topological polar surface area (TPSA) is 68.5 Å². The number of nitrogens with one attached hydrogen (secondary N) is 1. The van der Waals surface area contributed by atoms with E-state index in [-0.39, 0.29) is 12.3 Å². The standard InChI is InChI=1S/C14H13NO4/c1-18-14(17)10-4-2-5-11(8-10)15-13(16)9-12-6-3-7-19-12/h2-8H,9H2,1H3,(H,15,16). The molecule has 2 aromatic rings. The first-order valence-corrected chi connectivity index (χ1v) is 5.69. The van der Waals surface area contributed by atoms with Gasteiger partial charge in [0.05, 0.1) is 25.4 Å². The van der Waals surface area contributed by atoms with Crippen molar-refractivity contribution in [1.29, 1.82) is 0 Å². The van der Waals surface area contributed by atoms with E-state index in [4.69, 9.17) is 4.42 Å². The maximum atomic E-state index is 11.7. The molecule has 0 spiro atoms. The second-order valence-corrected chi connectivity index (χ2v) is 3.88. The van der Waals surface area contributed by atoms with Crippen LogP contribution in [0.15, 0.2) is 47.1 Å². The van der Waals surface area contributed by atoms with E-state index in [1.54, 1.807) is 36.4 Å². The second kappa shape index (κ2) is 5.86. The summed E-state index contributed by atoms with van der Waals surface area (Å²) in [6.45, 7) is 0. The first-order chi connectivity index (χ1) is 9.19. The smallest absolute Gasteiger partial charge is 0.337 e. The quantitative estimate of drug-likeness (QED) is 0.855. The molecule has 0 radical (unpaired) electrons. The van der Waals surface area contributed by atoms with Crippen LogP contribution in [0.25, 0.3) is 0 Å². The number of carbonyl (C=O) groups is 2. The molecule has 0 aliphatic heterocycles. The number of amides is 1. The number of hydrogen-bond donors (Lipinski definition) is 1. The van der Waals surface area contributed by atoms with E-state index in [2.05, 4.69) is 10.1 Å². The Kier molecular flexibility index (Phi) is 3.97. The maximum absolute atomic E-state index is 11.7. The lowest BCUT2D eigenvalue weighted by atomic mass is 10.2. The van der Waals surface area contributed by atoms with Gasteiger partial charge >= 0.3 is 5.97 Å². The molecule has 1 aromatic heterocycles. The third-order valence-corrected chi connectivity index (χ3v) is 2.48. The molecule has 0 saturated carbocycles. The van der Waals surface area contributed by atoms with E-state index >= 15 is 0 Å². The zero-order valence-electron chi connectivity index (χ0n) is 10.4. The molecule has 0 bridgehead atoms. The fraction of sp³-hybridized carbons (Fsp3) is 0.143. The summed E-state index contributed by atoms with van der Waals surface area (Å²) < 4.78 is 9.70. The highest BCUT2D eigenvalue weighted by Crippen LogP contribution is 2.12. The van der Waals surface area contributed by atoms with E-state index in [0.717, 1.165) is 0 Å². The number of esters is 1. The molecule has 1 aromatic carbocycles. The predicted molar refractivity (Wildman–Crippen MR) is 68.8 cm³/mol. The highest BCUT2D eigenvalue weighted by atomic mass is 16.5. The monoisotopic (exact) mass is 259 g/mol. The molecule has 5 heteroatoms. The normalized spacial score (nSPS) is 9.95. The zero-order valence-corrected chi connectivity index (χ0v) is 10.4. The lowest BCUT2D eigenvalue weighted by Crippen LogP contribution is -2.14. The molecule has 19 heavy (non-hydrogen) atoms. The fourth-order valence-corrected chi connectivity index (χ4v) is 1.62. The van der Waals surface area contributed by atoms with Crippen LogP contribution in [0.3, 0.4) is 0 Å². The first kappa shape index (κ1) is 12.9. The highest BCUT2D eigenvalue weighted by Gasteiger charge is 2.09. The minimum absolute atomic E-state index is 0.148. The Balaban J connectivity index is 2.02. The van der Waals surface area contributed by atoms with Gasteiger partial charge in [0.2, 0.25) is 5.91 Å². The fourth-order valence-electron chi connectivity index (χ4n) is 1.62. The Labute approximate surface area is 110 Å². The van der Waals surface area contributed by atoms with Crippen molar-refractivity contribution >= 4 is 17.6 Å². The molecule has 0 aliphatic rings. The summed E-state index contributed by atoms with van der Waals surface area (Å²) in [5.74, 6) is -0.0688. The number of furan rings is 1. The molecule has 2 rings (SSSR count). The molecule has 0 aliphatic carbocycles. The number of hydrogen-bond acceptors (Lipinski definition) is 4. The average molecular weight is 259 g/mol. The second-order valence-electron chi connectivity index (χ2n) is 3.88. The molecule has 0 atom stereocenters. The summed E-state index contributed by atoms with van der Waals surface area (Å²) in [5, 5.41) is 2.69. The third-order valence-electron chi connectivity index (χ3n) is 2.48. The van der Waals surface area contributed by atoms with Crippen molar-refractivity contribution < 1.29 is 18.7 Å². The summed E-state index contributed by atoms with van der Waals surface area (Å²) in [5.41, 5.74) is 0.928. The van der Waals surface area contributed by atoms with E-state index in [1.165, 1.54) is 13.4 Å². The van der Waals surface area contributed by atoms with Gasteiger partial charge in [-0.05, 0) is 30.3 Å². The Hall–Kier alpha value is -2.56. The van der Waals surface area contributed by atoms with Gasteiger partial charge in [0, 0.05) is 5.69 Å². The van der Waals surface area contributed by atoms with E-state index in [1.807, 2.05) is 0 Å². The van der Waals surface area contributed by atoms with Crippen molar-refractivity contribution in [2.24, 2.45) is 0 Å². The number of anilines is 1. The molecule has 0 fully saturated rings. The van der Waals surface area contributed by atoms with Gasteiger partial charge in [-0.3, -0.25) is 4.79 Å². The summed E-state index contributed by atoms with van der Waals surface area (Å²) in [7, 11) is 1.31. The Morgan fingerprint density at radius 1 is 1.26 bits per heavy atom. The lowest BCUT2D eigenvalue weighted by Gasteiger charge is -2.05. The molecule has 5 nitrogen and oxygen atoms in total. The molecule has 0 saturated heterocycles. The van der Waals surface area contributed by atoms with Crippen molar-refractivity contribution in [2.75, 3.05) is 12.4 Å². The number of rotatable bonds is 4. The van der Waals surface area contributed by atoms with Crippen molar-refractivity contribution in [2.45, 2.75) is 6.42 Å². The minimum Gasteiger partial charge on any atom is -0.469 e. The van der Waals surface area contributed by atoms with Gasteiger partial charge < -0.3 is 14.5 Å². The largest absolute Gasteiger partial charge is 0.469 e. The molecular weight excluding hydrogens is 246 g/mol. The van der Waals surface area contributed by atoms with Gasteiger partial charge in [-0.2, -0.15) is 0 Å². The van der Waals surface area contributed by atoms with Crippen molar-refractivity contribution in [3.05, 3.63) is 54.0 Å². The van der Waals surface area contributed by atoms with E-state index in [0.29, 0.717) is 17.0 Å². The summed E-state index contributed by atoms with van der Waals surface area (Å²) in [6.07, 6.45) is 1.66. The predicted octanol–water partition coefficient (Wildman–Crippen LogP) is 2.25. The van der Waals surface area contributed by atoms with Gasteiger partial charge in [-0.25, -0.2) is 4.79 Å². The van der Waals surface area contributed by atoms with Gasteiger partial charge in [0.1, 0.15) is 5.76 Å². The van der Waals surface area contributed by atoms with E-state index < -0.39 is 5.97 Å². The van der Waals surface area contributed by atoms with Crippen molar-refractivity contribution in [1.82, 2.24) is 0 Å². The Morgan fingerprint density at radius 2 is 2.11 bits per heavy atom. The van der Waals surface area contributed by atoms with Gasteiger partial charge in [0.25, 0.3) is 0 Å². The van der Waals surface area contributed by atoms with Gasteiger partial charge in [0.15, 0.2) is 0 Å². The Bertz CT molecular complexity index is 575. The van der Waals surface area contributed by atoms with E-state index in [9.17, 15) is 9.59 Å². The molecule has 1 heterocycles. The molecule has 0 unspecified atom stereocenters. The number of ether oxygens (including phenoxy) is 1. The van der Waals surface area contributed by atoms with Crippen LogP contribution in [0.4, 0.5) is 5.69 Å². The van der Waals surface area contributed by atoms with Crippen LogP contribution in [0.2, 0.25) is 0 Å². The summed E-state index contributed by atoms with van der Waals surface area (Å²) in [4.78, 5) is 23.1. The van der Waals surface area contributed by atoms with Crippen molar-refractivity contribution in [3.8, 4) is 0 Å². The Morgan fingerprint density at radius 3 is 2.79 bits per heavy atom. The van der Waals surface area contributed by atoms with Gasteiger partial charge in [-0.15, -0.1) is 0 Å². The number of methoxy groups -OCH3 is 1. The number of benzene rings is 1. The SMILES string of the molecule is COC(=O)c1cccc(NC(=O)Cc2ccco2)c1. The van der Waals surface area contributed by atoms with Crippen molar-refractivity contribution in [3.63, 3.8) is 0 Å². The minimum atomic E-state index is -0.442. The van der Waals surface area contributed by atoms with Crippen LogP contribution in [0.1, 0.15) is 16.1 Å². The van der Waals surface area contributed by atoms with Crippen LogP contribution >= 0.6 is 0 Å². The lowest BCUT2D eigenvalue weighted by molar-refractivity contribution is -0.115. The summed E-state index contributed by atoms with van der Waals surface area (Å²) in [6, 6.07) is 10.0. The van der Waals surface area contributed by atoms with Crippen LogP contribution in [0.5, 0.6) is 0 Å². The third kappa shape index (κ3) is 3.45. The van der Waals surface area contributed by atoms with Crippen LogP contribution in [-0.2, 0) is 16.0 Å². The molecule has 1 N–H and O–H groups in total. The average Bonchev–Trinajstić information content (AvgIpc) is 2.90.